The summed E-state index contributed by atoms with van der Waals surface area (Å²) in [5, 5.41) is 0. The van der Waals surface area contributed by atoms with Crippen molar-refractivity contribution in [2.45, 2.75) is 65.2 Å². The zero-order valence-electron chi connectivity index (χ0n) is 17.7. The first-order valence-electron chi connectivity index (χ1n) is 9.27. The van der Waals surface area contributed by atoms with Gasteiger partial charge in [-0.3, -0.25) is 14.3 Å². The lowest BCUT2D eigenvalue weighted by atomic mass is 9.86. The van der Waals surface area contributed by atoms with Crippen LogP contribution < -0.4 is 0 Å². The number of carbonyl (C=O) groups excluding carboxylic acids is 3. The third-order valence-corrected chi connectivity index (χ3v) is 5.98. The Kier molecular flexibility index (Phi) is 8.65. The quantitative estimate of drug-likeness (QED) is 0.456. The van der Waals surface area contributed by atoms with Gasteiger partial charge in [-0.1, -0.05) is 0 Å². The van der Waals surface area contributed by atoms with Gasteiger partial charge in [-0.25, -0.2) is 9.59 Å². The number of Topliss-reactive ketones (excluding diaryl/α,β-unsaturated/α-hetero) is 1. The molecule has 0 aliphatic carbocycles. The summed E-state index contributed by atoms with van der Waals surface area (Å²) in [6.45, 7) is 8.76. The van der Waals surface area contributed by atoms with E-state index < -0.39 is 55.3 Å². The molecular weight excluding hydrogens is 389 g/mol. The Bertz CT molecular complexity index is 620. The molecule has 0 radical (unpaired) electrons. The molecule has 0 saturated carbocycles. The van der Waals surface area contributed by atoms with Gasteiger partial charge >= 0.3 is 19.7 Å². The number of hydrogen-bond donors (Lipinski definition) is 0. The Hall–Kier alpha value is -1.44. The first-order chi connectivity index (χ1) is 12.8. The molecule has 2 atom stereocenters. The largest absolute Gasteiger partial charge is 0.461 e. The second kappa shape index (κ2) is 9.85. The molecule has 1 rings (SSSR count). The van der Waals surface area contributed by atoms with E-state index in [4.69, 9.17) is 18.5 Å². The Morgan fingerprint density at radius 3 is 2.18 bits per heavy atom. The number of ether oxygens (including phenoxy) is 2. The van der Waals surface area contributed by atoms with Crippen molar-refractivity contribution in [2.75, 3.05) is 26.9 Å². The second-order valence-electron chi connectivity index (χ2n) is 7.95. The molecule has 10 heteroatoms. The lowest BCUT2D eigenvalue weighted by Crippen LogP contribution is -2.56. The van der Waals surface area contributed by atoms with E-state index in [0.29, 0.717) is 12.8 Å². The summed E-state index contributed by atoms with van der Waals surface area (Å²) < 4.78 is 32.7. The number of esters is 1. The minimum Gasteiger partial charge on any atom is -0.461 e. The van der Waals surface area contributed by atoms with Gasteiger partial charge in [0.05, 0.1) is 6.10 Å². The van der Waals surface area contributed by atoms with Gasteiger partial charge in [-0.15, -0.1) is 0 Å². The number of piperidine rings is 1. The molecule has 1 aliphatic heterocycles. The van der Waals surface area contributed by atoms with Crippen molar-refractivity contribution < 1.29 is 37.5 Å². The molecule has 2 unspecified atom stereocenters. The second-order valence-corrected chi connectivity index (χ2v) is 10.2. The van der Waals surface area contributed by atoms with Crippen molar-refractivity contribution in [3.8, 4) is 0 Å². The van der Waals surface area contributed by atoms with E-state index in [1.165, 1.54) is 19.1 Å². The fourth-order valence-electron chi connectivity index (χ4n) is 2.96. The monoisotopic (exact) mass is 421 g/mol. The summed E-state index contributed by atoms with van der Waals surface area (Å²) in [5.74, 6) is -2.05. The molecule has 0 aromatic rings. The van der Waals surface area contributed by atoms with E-state index in [0.717, 1.165) is 0 Å². The van der Waals surface area contributed by atoms with Crippen LogP contribution in [0.25, 0.3) is 0 Å². The summed E-state index contributed by atoms with van der Waals surface area (Å²) in [4.78, 5) is 39.5. The van der Waals surface area contributed by atoms with Crippen molar-refractivity contribution in [1.29, 1.82) is 0 Å². The van der Waals surface area contributed by atoms with Gasteiger partial charge in [0.15, 0.2) is 5.78 Å². The molecule has 1 saturated heterocycles. The third kappa shape index (κ3) is 6.87. The minimum atomic E-state index is -3.60. The van der Waals surface area contributed by atoms with E-state index in [1.807, 2.05) is 0 Å². The van der Waals surface area contributed by atoms with Crippen LogP contribution >= 0.6 is 7.60 Å². The van der Waals surface area contributed by atoms with E-state index >= 15 is 0 Å². The van der Waals surface area contributed by atoms with Crippen molar-refractivity contribution >= 4 is 25.4 Å². The summed E-state index contributed by atoms with van der Waals surface area (Å²) in [6, 6.07) is -1.15. The molecule has 0 aromatic carbocycles. The number of likely N-dealkylation sites (tertiary alicyclic amines) is 1. The van der Waals surface area contributed by atoms with Gasteiger partial charge in [0, 0.05) is 26.7 Å². The number of rotatable bonds is 7. The summed E-state index contributed by atoms with van der Waals surface area (Å²) in [5.41, 5.74) is -0.762. The third-order valence-electron chi connectivity index (χ3n) is 4.17. The Morgan fingerprint density at radius 2 is 1.71 bits per heavy atom. The topological polar surface area (TPSA) is 108 Å². The number of ketones is 1. The molecule has 1 aliphatic rings. The van der Waals surface area contributed by atoms with Gasteiger partial charge in [0.2, 0.25) is 0 Å². The molecule has 0 spiro atoms. The van der Waals surface area contributed by atoms with Gasteiger partial charge in [0.25, 0.3) is 0 Å². The van der Waals surface area contributed by atoms with Crippen LogP contribution in [0.4, 0.5) is 4.79 Å². The first-order valence-corrected chi connectivity index (χ1v) is 11.0. The van der Waals surface area contributed by atoms with Crippen LogP contribution in [0.15, 0.2) is 0 Å². The zero-order chi connectivity index (χ0) is 21.7. The molecule has 0 aromatic heterocycles. The smallest absolute Gasteiger partial charge is 0.411 e. The highest BCUT2D eigenvalue weighted by Crippen LogP contribution is 2.47. The van der Waals surface area contributed by atoms with Gasteiger partial charge < -0.3 is 18.5 Å². The number of hydrogen-bond acceptors (Lipinski definition) is 8. The Morgan fingerprint density at radius 1 is 1.14 bits per heavy atom. The van der Waals surface area contributed by atoms with Crippen LogP contribution in [0.5, 0.6) is 0 Å². The molecule has 1 amide bonds. The van der Waals surface area contributed by atoms with E-state index in [-0.39, 0.29) is 6.54 Å². The fraction of sp³-hybridized carbons (Fsp3) is 0.833. The number of carbonyl (C=O) groups is 3. The maximum atomic E-state index is 12.9. The van der Waals surface area contributed by atoms with Crippen molar-refractivity contribution in [2.24, 2.45) is 5.92 Å². The van der Waals surface area contributed by atoms with Crippen LogP contribution in [-0.2, 0) is 32.7 Å². The zero-order valence-corrected chi connectivity index (χ0v) is 18.6. The van der Waals surface area contributed by atoms with E-state index in [9.17, 15) is 18.9 Å². The lowest BCUT2D eigenvalue weighted by Gasteiger charge is -2.39. The fourth-order valence-corrected chi connectivity index (χ4v) is 3.99. The highest BCUT2D eigenvalue weighted by Gasteiger charge is 2.46. The SMILES string of the molecule is COP(=O)(CC(=O)C1CCCN(C(=O)OC(C)(C)C)C1C(=O)OC(C)C)OC. The summed E-state index contributed by atoms with van der Waals surface area (Å²) >= 11 is 0. The Balaban J connectivity index is 3.18. The predicted octanol–water partition coefficient (Wildman–Crippen LogP) is 3.01. The highest BCUT2D eigenvalue weighted by atomic mass is 31.2. The summed E-state index contributed by atoms with van der Waals surface area (Å²) in [6.07, 6.45) is -0.764. The predicted molar refractivity (Wildman–Crippen MR) is 102 cm³/mol. The molecular formula is C18H32NO8P. The van der Waals surface area contributed by atoms with Gasteiger partial charge in [0.1, 0.15) is 17.8 Å². The number of nitrogens with zero attached hydrogens (tertiary/aromatic N) is 1. The average molecular weight is 421 g/mol. The molecule has 9 nitrogen and oxygen atoms in total. The van der Waals surface area contributed by atoms with Gasteiger partial charge in [-0.05, 0) is 47.5 Å². The maximum Gasteiger partial charge on any atom is 0.411 e. The van der Waals surface area contributed by atoms with Crippen molar-refractivity contribution in [1.82, 2.24) is 4.90 Å². The standard InChI is InChI=1S/C18H32NO8P/c1-12(2)26-16(21)15-13(14(20)11-28(23,24-6)25-7)9-8-10-19(15)17(22)27-18(3,4)5/h12-13,15H,8-11H2,1-7H3. The molecule has 162 valence electrons. The van der Waals surface area contributed by atoms with E-state index in [1.54, 1.807) is 34.6 Å². The average Bonchev–Trinajstić information content (AvgIpc) is 2.58. The van der Waals surface area contributed by atoms with Gasteiger partial charge in [-0.2, -0.15) is 0 Å². The first kappa shape index (κ1) is 24.6. The van der Waals surface area contributed by atoms with Crippen LogP contribution in [0.3, 0.4) is 0 Å². The van der Waals surface area contributed by atoms with Crippen molar-refractivity contribution in [3.05, 3.63) is 0 Å². The Labute approximate surface area is 166 Å². The molecule has 1 heterocycles. The molecule has 0 N–H and O–H groups in total. The number of amides is 1. The maximum absolute atomic E-state index is 12.9. The van der Waals surface area contributed by atoms with Crippen LogP contribution in [0, 0.1) is 5.92 Å². The molecule has 0 bridgehead atoms. The minimum absolute atomic E-state index is 0.253. The van der Waals surface area contributed by atoms with Crippen molar-refractivity contribution in [3.63, 3.8) is 0 Å². The molecule has 1 fully saturated rings. The normalized spacial score (nSPS) is 20.8. The lowest BCUT2D eigenvalue weighted by molar-refractivity contribution is -0.159. The highest BCUT2D eigenvalue weighted by molar-refractivity contribution is 7.54. The van der Waals surface area contributed by atoms with Crippen LogP contribution in [0.2, 0.25) is 0 Å². The van der Waals surface area contributed by atoms with Crippen LogP contribution in [-0.4, -0.2) is 67.4 Å². The summed E-state index contributed by atoms with van der Waals surface area (Å²) in [7, 11) is -1.22. The molecule has 28 heavy (non-hydrogen) atoms. The van der Waals surface area contributed by atoms with E-state index in [2.05, 4.69) is 0 Å². The van der Waals surface area contributed by atoms with Crippen LogP contribution in [0.1, 0.15) is 47.5 Å².